The van der Waals surface area contributed by atoms with Crippen molar-refractivity contribution in [1.82, 2.24) is 4.98 Å². The summed E-state index contributed by atoms with van der Waals surface area (Å²) in [5.41, 5.74) is 6.84. The Morgan fingerprint density at radius 2 is 2.17 bits per heavy atom. The third-order valence-corrected chi connectivity index (χ3v) is 2.80. The molecule has 0 amide bonds. The molecule has 2 aromatic rings. The van der Waals surface area contributed by atoms with Crippen LogP contribution in [0.3, 0.4) is 0 Å². The van der Waals surface area contributed by atoms with Crippen molar-refractivity contribution < 1.29 is 4.74 Å². The van der Waals surface area contributed by atoms with Gasteiger partial charge in [0.15, 0.2) is 0 Å². The fourth-order valence-corrected chi connectivity index (χ4v) is 1.94. The van der Waals surface area contributed by atoms with E-state index in [1.165, 1.54) is 0 Å². The second kappa shape index (κ2) is 5.64. The van der Waals surface area contributed by atoms with E-state index in [9.17, 15) is 0 Å². The van der Waals surface area contributed by atoms with Gasteiger partial charge in [-0.2, -0.15) is 0 Å². The highest BCUT2D eigenvalue weighted by molar-refractivity contribution is 9.10. The molecule has 18 heavy (non-hydrogen) atoms. The maximum Gasteiger partial charge on any atom is 0.149 e. The van der Waals surface area contributed by atoms with E-state index in [1.54, 1.807) is 18.3 Å². The normalized spacial score (nSPS) is 10.1. The molecule has 1 heterocycles. The minimum atomic E-state index is -0.0974. The predicted octanol–water partition coefficient (Wildman–Crippen LogP) is 2.71. The first kappa shape index (κ1) is 12.6. The van der Waals surface area contributed by atoms with Crippen molar-refractivity contribution in [2.45, 2.75) is 6.61 Å². The molecule has 1 aromatic heterocycles. The zero-order valence-electron chi connectivity index (χ0n) is 9.56. The van der Waals surface area contributed by atoms with Crippen LogP contribution in [-0.4, -0.2) is 10.8 Å². The highest BCUT2D eigenvalue weighted by Crippen LogP contribution is 2.18. The molecule has 0 bridgehead atoms. The second-order valence-corrected chi connectivity index (χ2v) is 4.60. The molecule has 5 heteroatoms. The number of aromatic nitrogens is 1. The highest BCUT2D eigenvalue weighted by atomic mass is 79.9. The van der Waals surface area contributed by atoms with E-state index < -0.39 is 0 Å². The molecule has 0 fully saturated rings. The third-order valence-electron chi connectivity index (χ3n) is 2.31. The maximum absolute atomic E-state index is 7.42. The van der Waals surface area contributed by atoms with Crippen molar-refractivity contribution in [2.24, 2.45) is 5.73 Å². The van der Waals surface area contributed by atoms with Crippen LogP contribution in [0, 0.1) is 5.41 Å². The Bertz CT molecular complexity index is 572. The summed E-state index contributed by atoms with van der Waals surface area (Å²) < 4.78 is 6.64. The molecule has 0 atom stereocenters. The van der Waals surface area contributed by atoms with E-state index in [4.69, 9.17) is 15.9 Å². The predicted molar refractivity (Wildman–Crippen MR) is 73.7 cm³/mol. The monoisotopic (exact) mass is 305 g/mol. The van der Waals surface area contributed by atoms with Crippen LogP contribution in [0.1, 0.15) is 11.3 Å². The number of halogens is 1. The van der Waals surface area contributed by atoms with Gasteiger partial charge in [-0.3, -0.25) is 5.41 Å². The first-order valence-electron chi connectivity index (χ1n) is 5.33. The van der Waals surface area contributed by atoms with Gasteiger partial charge in [-0.15, -0.1) is 0 Å². The number of benzene rings is 1. The van der Waals surface area contributed by atoms with Gasteiger partial charge in [0.1, 0.15) is 23.9 Å². The van der Waals surface area contributed by atoms with E-state index in [1.807, 2.05) is 24.3 Å². The van der Waals surface area contributed by atoms with Crippen molar-refractivity contribution in [3.8, 4) is 5.75 Å². The van der Waals surface area contributed by atoms with Gasteiger partial charge < -0.3 is 10.5 Å². The number of ether oxygens (including phenoxy) is 1. The molecule has 0 saturated heterocycles. The van der Waals surface area contributed by atoms with Gasteiger partial charge in [-0.1, -0.05) is 28.1 Å². The number of hydrogen-bond donors (Lipinski definition) is 2. The van der Waals surface area contributed by atoms with Gasteiger partial charge in [0.25, 0.3) is 0 Å². The van der Waals surface area contributed by atoms with Crippen LogP contribution >= 0.6 is 15.9 Å². The maximum atomic E-state index is 7.42. The number of nitrogens with two attached hydrogens (primary N) is 1. The van der Waals surface area contributed by atoms with Crippen LogP contribution in [-0.2, 0) is 6.61 Å². The summed E-state index contributed by atoms with van der Waals surface area (Å²) in [6.45, 7) is 0.408. The summed E-state index contributed by atoms with van der Waals surface area (Å²) in [6, 6.07) is 11.3. The van der Waals surface area contributed by atoms with E-state index >= 15 is 0 Å². The Balaban J connectivity index is 2.13. The van der Waals surface area contributed by atoms with Crippen molar-refractivity contribution in [3.05, 3.63) is 58.3 Å². The number of nitrogens with zero attached hydrogens (tertiary/aromatic N) is 1. The second-order valence-electron chi connectivity index (χ2n) is 3.68. The van der Waals surface area contributed by atoms with Gasteiger partial charge in [0, 0.05) is 10.7 Å². The van der Waals surface area contributed by atoms with E-state index in [0.717, 1.165) is 10.0 Å². The van der Waals surface area contributed by atoms with E-state index in [-0.39, 0.29) is 5.84 Å². The molecule has 1 aromatic carbocycles. The highest BCUT2D eigenvalue weighted by Gasteiger charge is 2.07. The summed E-state index contributed by atoms with van der Waals surface area (Å²) in [4.78, 5) is 4.02. The number of pyridine rings is 1. The van der Waals surface area contributed by atoms with Crippen LogP contribution in [0.15, 0.2) is 47.1 Å². The van der Waals surface area contributed by atoms with Crippen LogP contribution < -0.4 is 10.5 Å². The van der Waals surface area contributed by atoms with Gasteiger partial charge in [0.05, 0.1) is 0 Å². The fraction of sp³-hybridized carbons (Fsp3) is 0.0769. The summed E-state index contributed by atoms with van der Waals surface area (Å²) in [6.07, 6.45) is 1.59. The number of rotatable bonds is 4. The van der Waals surface area contributed by atoms with Crippen molar-refractivity contribution in [2.75, 3.05) is 0 Å². The molecule has 0 aliphatic rings. The lowest BCUT2D eigenvalue weighted by atomic mass is 10.2. The number of hydrogen-bond acceptors (Lipinski definition) is 3. The first-order valence-corrected chi connectivity index (χ1v) is 6.13. The smallest absolute Gasteiger partial charge is 0.149 e. The van der Waals surface area contributed by atoms with Crippen LogP contribution in [0.2, 0.25) is 0 Å². The number of nitrogens with one attached hydrogen (secondary N) is 1. The lowest BCUT2D eigenvalue weighted by Gasteiger charge is -2.09. The van der Waals surface area contributed by atoms with Gasteiger partial charge in [-0.25, -0.2) is 4.98 Å². The van der Waals surface area contributed by atoms with E-state index in [2.05, 4.69) is 20.9 Å². The summed E-state index contributed by atoms with van der Waals surface area (Å²) in [5, 5.41) is 7.42. The molecule has 0 saturated carbocycles. The average Bonchev–Trinajstić information content (AvgIpc) is 2.37. The zero-order valence-corrected chi connectivity index (χ0v) is 11.1. The molecule has 0 aliphatic carbocycles. The van der Waals surface area contributed by atoms with E-state index in [0.29, 0.717) is 18.1 Å². The minimum Gasteiger partial charge on any atom is -0.486 e. The van der Waals surface area contributed by atoms with Crippen molar-refractivity contribution >= 4 is 21.8 Å². The van der Waals surface area contributed by atoms with Crippen LogP contribution in [0.5, 0.6) is 5.75 Å². The molecule has 92 valence electrons. The number of amidine groups is 1. The SMILES string of the molecule is N=C(N)c1ncccc1OCc1cccc(Br)c1. The Labute approximate surface area is 113 Å². The standard InChI is InChI=1S/C13H12BrN3O/c14-10-4-1-3-9(7-10)8-18-11-5-2-6-17-12(11)13(15)16/h1-7H,8H2,(H3,15,16). The molecule has 3 N–H and O–H groups in total. The average molecular weight is 306 g/mol. The fourth-order valence-electron chi connectivity index (χ4n) is 1.50. The molecule has 2 rings (SSSR count). The minimum absolute atomic E-state index is 0.0974. The zero-order chi connectivity index (χ0) is 13.0. The molecular formula is C13H12BrN3O. The summed E-state index contributed by atoms with van der Waals surface area (Å²) in [5.74, 6) is 0.421. The topological polar surface area (TPSA) is 72.0 Å². The van der Waals surface area contributed by atoms with Gasteiger partial charge >= 0.3 is 0 Å². The first-order chi connectivity index (χ1) is 8.66. The van der Waals surface area contributed by atoms with Gasteiger partial charge in [0.2, 0.25) is 0 Å². The Kier molecular flexibility index (Phi) is 3.94. The van der Waals surface area contributed by atoms with Crippen molar-refractivity contribution in [3.63, 3.8) is 0 Å². The summed E-state index contributed by atoms with van der Waals surface area (Å²) in [7, 11) is 0. The van der Waals surface area contributed by atoms with Gasteiger partial charge in [-0.05, 0) is 29.8 Å². The molecular weight excluding hydrogens is 294 g/mol. The Hall–Kier alpha value is -1.88. The molecule has 0 spiro atoms. The molecule has 4 nitrogen and oxygen atoms in total. The molecule has 0 aliphatic heterocycles. The Morgan fingerprint density at radius 1 is 1.33 bits per heavy atom. The third kappa shape index (κ3) is 3.07. The summed E-state index contributed by atoms with van der Waals surface area (Å²) >= 11 is 3.40. The van der Waals surface area contributed by atoms with Crippen molar-refractivity contribution in [1.29, 1.82) is 5.41 Å². The quantitative estimate of drug-likeness (QED) is 0.674. The lowest BCUT2D eigenvalue weighted by molar-refractivity contribution is 0.304. The van der Waals surface area contributed by atoms with Crippen LogP contribution in [0.4, 0.5) is 0 Å². The lowest BCUT2D eigenvalue weighted by Crippen LogP contribution is -2.15. The van der Waals surface area contributed by atoms with Crippen LogP contribution in [0.25, 0.3) is 0 Å². The molecule has 0 unspecified atom stereocenters. The largest absolute Gasteiger partial charge is 0.486 e. The Morgan fingerprint density at radius 3 is 2.89 bits per heavy atom. The molecule has 0 radical (unpaired) electrons. The number of nitrogen functional groups attached to an aromatic ring is 1.